The molecule has 1 fully saturated rings. The molecule has 0 N–H and O–H groups in total. The monoisotopic (exact) mass is 458 g/mol. The Labute approximate surface area is 186 Å². The van der Waals surface area contributed by atoms with Crippen LogP contribution in [0.1, 0.15) is 11.1 Å². The van der Waals surface area contributed by atoms with Crippen LogP contribution < -0.4 is 0 Å². The molecule has 0 atom stereocenters. The Morgan fingerprint density at radius 3 is 1.71 bits per heavy atom. The first-order valence-corrected chi connectivity index (χ1v) is 10.7. The summed E-state index contributed by atoms with van der Waals surface area (Å²) in [7, 11) is 2.07. The molecule has 1 heterocycles. The number of halogens is 4. The Bertz CT molecular complexity index is 797. The average Bonchev–Trinajstić information content (AvgIpc) is 2.67. The summed E-state index contributed by atoms with van der Waals surface area (Å²) in [6, 6.07) is 11.1. The average molecular weight is 460 g/mol. The van der Waals surface area contributed by atoms with Crippen molar-refractivity contribution < 1.29 is 4.79 Å². The molecule has 1 aliphatic heterocycles. The number of rotatable bonds is 5. The van der Waals surface area contributed by atoms with Crippen molar-refractivity contribution in [2.45, 2.75) is 12.8 Å². The third kappa shape index (κ3) is 5.55. The van der Waals surface area contributed by atoms with Gasteiger partial charge < -0.3 is 9.80 Å². The van der Waals surface area contributed by atoms with E-state index >= 15 is 0 Å². The van der Waals surface area contributed by atoms with Gasteiger partial charge in [0.05, 0.1) is 20.1 Å². The Hall–Kier alpha value is -0.970. The first-order valence-electron chi connectivity index (χ1n) is 9.18. The van der Waals surface area contributed by atoms with Crippen LogP contribution in [-0.4, -0.2) is 48.9 Å². The second kappa shape index (κ2) is 9.69. The fraction of sp³-hybridized carbons (Fsp3) is 0.381. The molecule has 1 aliphatic rings. The third-order valence-corrected chi connectivity index (χ3v) is 6.57. The largest absolute Gasteiger partial charge is 0.340 e. The summed E-state index contributed by atoms with van der Waals surface area (Å²) in [6.07, 6.45) is 1.17. The predicted octanol–water partition coefficient (Wildman–Crippen LogP) is 5.48. The highest BCUT2D eigenvalue weighted by Crippen LogP contribution is 2.28. The molecule has 0 aromatic heterocycles. The molecule has 3 rings (SSSR count). The topological polar surface area (TPSA) is 23.6 Å². The molecule has 3 nitrogen and oxygen atoms in total. The molecule has 150 valence electrons. The zero-order valence-electron chi connectivity index (χ0n) is 15.6. The summed E-state index contributed by atoms with van der Waals surface area (Å²) < 4.78 is 0. The Morgan fingerprint density at radius 1 is 0.821 bits per heavy atom. The maximum absolute atomic E-state index is 13.3. The highest BCUT2D eigenvalue weighted by molar-refractivity contribution is 6.42. The van der Waals surface area contributed by atoms with E-state index in [0.29, 0.717) is 32.9 Å². The van der Waals surface area contributed by atoms with E-state index in [1.54, 1.807) is 12.1 Å². The third-order valence-electron chi connectivity index (χ3n) is 5.10. The zero-order valence-corrected chi connectivity index (χ0v) is 18.6. The molecule has 2 aromatic carbocycles. The molecule has 0 spiro atoms. The number of hydrogen-bond donors (Lipinski definition) is 0. The molecule has 7 heteroatoms. The smallest absolute Gasteiger partial charge is 0.226 e. The van der Waals surface area contributed by atoms with Crippen molar-refractivity contribution >= 4 is 52.3 Å². The minimum absolute atomic E-state index is 0.158. The summed E-state index contributed by atoms with van der Waals surface area (Å²) in [4.78, 5) is 17.5. The number of benzene rings is 2. The van der Waals surface area contributed by atoms with Crippen molar-refractivity contribution in [2.24, 2.45) is 5.92 Å². The van der Waals surface area contributed by atoms with Gasteiger partial charge in [-0.1, -0.05) is 58.5 Å². The van der Waals surface area contributed by atoms with Crippen LogP contribution in [0.2, 0.25) is 20.1 Å². The zero-order chi connectivity index (χ0) is 20.3. The minimum Gasteiger partial charge on any atom is -0.340 e. The number of nitrogens with zero attached hydrogens (tertiary/aromatic N) is 2. The molecule has 1 amide bonds. The SMILES string of the molecule is CN1CCN(C(=O)C(Cc2ccc(Cl)c(Cl)c2)Cc2ccc(Cl)c(Cl)c2)CC1. The van der Waals surface area contributed by atoms with Crippen molar-refractivity contribution in [3.63, 3.8) is 0 Å². The normalized spacial score (nSPS) is 15.3. The molecule has 0 saturated carbocycles. The lowest BCUT2D eigenvalue weighted by Gasteiger charge is -2.35. The van der Waals surface area contributed by atoms with Gasteiger partial charge in [-0.25, -0.2) is 0 Å². The van der Waals surface area contributed by atoms with Gasteiger partial charge in [0.25, 0.3) is 0 Å². The fourth-order valence-electron chi connectivity index (χ4n) is 3.43. The van der Waals surface area contributed by atoms with Crippen molar-refractivity contribution in [1.29, 1.82) is 0 Å². The molecular formula is C21H22Cl4N2O. The Kier molecular flexibility index (Phi) is 7.52. The van der Waals surface area contributed by atoms with E-state index in [4.69, 9.17) is 46.4 Å². The van der Waals surface area contributed by atoms with E-state index in [2.05, 4.69) is 11.9 Å². The molecule has 0 bridgehead atoms. The maximum Gasteiger partial charge on any atom is 0.226 e. The van der Waals surface area contributed by atoms with Crippen molar-refractivity contribution in [3.8, 4) is 0 Å². The number of hydrogen-bond acceptors (Lipinski definition) is 2. The molecule has 2 aromatic rings. The van der Waals surface area contributed by atoms with Gasteiger partial charge in [0.2, 0.25) is 5.91 Å². The first kappa shape index (κ1) is 21.7. The molecule has 0 unspecified atom stereocenters. The quantitative estimate of drug-likeness (QED) is 0.591. The lowest BCUT2D eigenvalue weighted by Crippen LogP contribution is -2.49. The van der Waals surface area contributed by atoms with Crippen molar-refractivity contribution in [2.75, 3.05) is 33.2 Å². The second-order valence-electron chi connectivity index (χ2n) is 7.23. The lowest BCUT2D eigenvalue weighted by molar-refractivity contribution is -0.137. The predicted molar refractivity (Wildman–Crippen MR) is 118 cm³/mol. The number of piperazine rings is 1. The fourth-order valence-corrected chi connectivity index (χ4v) is 4.08. The standard InChI is InChI=1S/C21H22Cl4N2O/c1-26-6-8-27(9-7-26)21(28)16(10-14-2-4-17(22)19(24)12-14)11-15-3-5-18(23)20(25)13-15/h2-5,12-13,16H,6-11H2,1H3. The van der Waals surface area contributed by atoms with Crippen LogP contribution in [0.5, 0.6) is 0 Å². The van der Waals surface area contributed by atoms with Gasteiger partial charge in [-0.05, 0) is 55.3 Å². The number of likely N-dealkylation sites (N-methyl/N-ethyl adjacent to an activating group) is 1. The van der Waals surface area contributed by atoms with Gasteiger partial charge >= 0.3 is 0 Å². The van der Waals surface area contributed by atoms with Crippen LogP contribution in [0, 0.1) is 5.92 Å². The van der Waals surface area contributed by atoms with Gasteiger partial charge in [0.1, 0.15) is 0 Å². The lowest BCUT2D eigenvalue weighted by atomic mass is 9.91. The van der Waals surface area contributed by atoms with E-state index in [-0.39, 0.29) is 11.8 Å². The van der Waals surface area contributed by atoms with Gasteiger partial charge in [-0.15, -0.1) is 0 Å². The van der Waals surface area contributed by atoms with Crippen LogP contribution in [-0.2, 0) is 17.6 Å². The summed E-state index contributed by atoms with van der Waals surface area (Å²) in [5, 5.41) is 2.02. The summed E-state index contributed by atoms with van der Waals surface area (Å²) in [5.41, 5.74) is 1.98. The second-order valence-corrected chi connectivity index (χ2v) is 8.86. The van der Waals surface area contributed by atoms with Gasteiger partial charge in [-0.3, -0.25) is 4.79 Å². The highest BCUT2D eigenvalue weighted by Gasteiger charge is 2.27. The number of amides is 1. The van der Waals surface area contributed by atoms with Crippen LogP contribution in [0.4, 0.5) is 0 Å². The summed E-state index contributed by atoms with van der Waals surface area (Å²) >= 11 is 24.4. The highest BCUT2D eigenvalue weighted by atomic mass is 35.5. The Balaban J connectivity index is 1.82. The van der Waals surface area contributed by atoms with E-state index in [1.807, 2.05) is 29.2 Å². The summed E-state index contributed by atoms with van der Waals surface area (Å²) in [6.45, 7) is 3.26. The van der Waals surface area contributed by atoms with Gasteiger partial charge in [0.15, 0.2) is 0 Å². The first-order chi connectivity index (χ1) is 13.3. The van der Waals surface area contributed by atoms with Gasteiger partial charge in [-0.2, -0.15) is 0 Å². The maximum atomic E-state index is 13.3. The van der Waals surface area contributed by atoms with E-state index < -0.39 is 0 Å². The van der Waals surface area contributed by atoms with E-state index in [9.17, 15) is 4.79 Å². The molecule has 28 heavy (non-hydrogen) atoms. The number of carbonyl (C=O) groups excluding carboxylic acids is 1. The van der Waals surface area contributed by atoms with E-state index in [0.717, 1.165) is 37.3 Å². The van der Waals surface area contributed by atoms with Crippen molar-refractivity contribution in [1.82, 2.24) is 9.80 Å². The summed E-state index contributed by atoms with van der Waals surface area (Å²) in [5.74, 6) is -0.0527. The molecule has 1 saturated heterocycles. The van der Waals surface area contributed by atoms with Crippen LogP contribution in [0.25, 0.3) is 0 Å². The minimum atomic E-state index is -0.210. The molecular weight excluding hydrogens is 438 g/mol. The Morgan fingerprint density at radius 2 is 1.29 bits per heavy atom. The van der Waals surface area contributed by atoms with E-state index in [1.165, 1.54) is 0 Å². The van der Waals surface area contributed by atoms with Crippen LogP contribution in [0.15, 0.2) is 36.4 Å². The molecule has 0 radical (unpaired) electrons. The number of carbonyl (C=O) groups is 1. The van der Waals surface area contributed by atoms with Crippen molar-refractivity contribution in [3.05, 3.63) is 67.6 Å². The molecule has 0 aliphatic carbocycles. The van der Waals surface area contributed by atoms with Crippen LogP contribution in [0.3, 0.4) is 0 Å². The van der Waals surface area contributed by atoms with Gasteiger partial charge in [0, 0.05) is 32.1 Å². The van der Waals surface area contributed by atoms with Crippen LogP contribution >= 0.6 is 46.4 Å².